The molecule has 0 fully saturated rings. The van der Waals surface area contributed by atoms with Gasteiger partial charge in [-0.2, -0.15) is 0 Å². The summed E-state index contributed by atoms with van der Waals surface area (Å²) in [6.07, 6.45) is 2.12. The van der Waals surface area contributed by atoms with E-state index in [1.54, 1.807) is 0 Å². The summed E-state index contributed by atoms with van der Waals surface area (Å²) in [5.74, 6) is 0. The van der Waals surface area contributed by atoms with E-state index in [0.29, 0.717) is 6.04 Å². The first-order valence-corrected chi connectivity index (χ1v) is 8.99. The van der Waals surface area contributed by atoms with E-state index in [9.17, 15) is 0 Å². The Morgan fingerprint density at radius 1 is 1.15 bits per heavy atom. The number of rotatable bonds is 6. The van der Waals surface area contributed by atoms with Crippen LogP contribution in [0.1, 0.15) is 59.1 Å². The van der Waals surface area contributed by atoms with Gasteiger partial charge < -0.3 is 5.32 Å². The Bertz CT molecular complexity index is 555. The second-order valence-corrected chi connectivity index (χ2v) is 7.76. The SMILES string of the molecule is CCc1ccc(C(NC(C)C)c2nc(CC)c(C)s2)s1. The smallest absolute Gasteiger partial charge is 0.115 e. The zero-order valence-electron chi connectivity index (χ0n) is 13.0. The molecule has 0 saturated carbocycles. The lowest BCUT2D eigenvalue weighted by Crippen LogP contribution is -2.28. The van der Waals surface area contributed by atoms with Crippen molar-refractivity contribution < 1.29 is 0 Å². The Balaban J connectivity index is 2.35. The standard InChI is InChI=1S/C16H24N2S2/c1-6-12-8-9-14(20-12)15(17-10(3)4)16-18-13(7-2)11(5)19-16/h8-10,15,17H,6-7H2,1-5H3. The number of nitrogens with one attached hydrogen (secondary N) is 1. The quantitative estimate of drug-likeness (QED) is 0.835. The summed E-state index contributed by atoms with van der Waals surface area (Å²) in [7, 11) is 0. The van der Waals surface area contributed by atoms with Crippen LogP contribution in [0, 0.1) is 6.92 Å². The number of aryl methyl sites for hydroxylation is 3. The third-order valence-corrected chi connectivity index (χ3v) is 5.68. The maximum atomic E-state index is 4.86. The maximum absolute atomic E-state index is 4.86. The van der Waals surface area contributed by atoms with E-state index in [1.165, 1.54) is 25.3 Å². The Hall–Kier alpha value is -0.710. The molecule has 0 amide bonds. The van der Waals surface area contributed by atoms with Crippen molar-refractivity contribution in [3.8, 4) is 0 Å². The normalized spacial score (nSPS) is 13.1. The van der Waals surface area contributed by atoms with Gasteiger partial charge in [-0.3, -0.25) is 0 Å². The lowest BCUT2D eigenvalue weighted by atomic mass is 10.2. The van der Waals surface area contributed by atoms with Crippen LogP contribution in [0.3, 0.4) is 0 Å². The Morgan fingerprint density at radius 3 is 2.40 bits per heavy atom. The highest BCUT2D eigenvalue weighted by Crippen LogP contribution is 2.33. The van der Waals surface area contributed by atoms with Crippen molar-refractivity contribution in [2.45, 2.75) is 59.5 Å². The van der Waals surface area contributed by atoms with E-state index >= 15 is 0 Å². The minimum Gasteiger partial charge on any atom is -0.301 e. The molecule has 0 aromatic carbocycles. The molecule has 2 nitrogen and oxygen atoms in total. The van der Waals surface area contributed by atoms with Gasteiger partial charge in [0.15, 0.2) is 0 Å². The van der Waals surface area contributed by atoms with Crippen LogP contribution in [0.4, 0.5) is 0 Å². The van der Waals surface area contributed by atoms with Gasteiger partial charge in [-0.25, -0.2) is 4.98 Å². The first kappa shape index (κ1) is 15.7. The third kappa shape index (κ3) is 3.48. The molecular formula is C16H24N2S2. The van der Waals surface area contributed by atoms with Crippen LogP contribution in [0.5, 0.6) is 0 Å². The van der Waals surface area contributed by atoms with Gasteiger partial charge in [0.1, 0.15) is 5.01 Å². The summed E-state index contributed by atoms with van der Waals surface area (Å²) < 4.78 is 0. The average molecular weight is 309 g/mol. The van der Waals surface area contributed by atoms with E-state index in [4.69, 9.17) is 4.98 Å². The van der Waals surface area contributed by atoms with Gasteiger partial charge in [0, 0.05) is 20.7 Å². The van der Waals surface area contributed by atoms with Crippen molar-refractivity contribution in [1.82, 2.24) is 10.3 Å². The van der Waals surface area contributed by atoms with Crippen LogP contribution in [-0.2, 0) is 12.8 Å². The first-order valence-electron chi connectivity index (χ1n) is 7.36. The highest BCUT2D eigenvalue weighted by atomic mass is 32.1. The summed E-state index contributed by atoms with van der Waals surface area (Å²) >= 11 is 3.74. The van der Waals surface area contributed by atoms with Gasteiger partial charge in [-0.15, -0.1) is 22.7 Å². The number of thiophene rings is 1. The summed E-state index contributed by atoms with van der Waals surface area (Å²) in [5, 5.41) is 4.88. The number of thiazole rings is 1. The predicted octanol–water partition coefficient (Wildman–Crippen LogP) is 4.73. The van der Waals surface area contributed by atoms with Crippen LogP contribution in [0.2, 0.25) is 0 Å². The van der Waals surface area contributed by atoms with Crippen LogP contribution < -0.4 is 5.32 Å². The molecule has 110 valence electrons. The molecule has 2 aromatic heterocycles. The molecule has 20 heavy (non-hydrogen) atoms. The number of hydrogen-bond acceptors (Lipinski definition) is 4. The van der Waals surface area contributed by atoms with E-state index in [2.05, 4.69) is 52.1 Å². The fourth-order valence-corrected chi connectivity index (χ4v) is 4.43. The van der Waals surface area contributed by atoms with Crippen LogP contribution >= 0.6 is 22.7 Å². The monoisotopic (exact) mass is 308 g/mol. The molecule has 2 aromatic rings. The molecule has 0 radical (unpaired) electrons. The molecule has 2 heterocycles. The highest BCUT2D eigenvalue weighted by molar-refractivity contribution is 7.13. The third-order valence-electron chi connectivity index (χ3n) is 3.31. The molecule has 0 aliphatic rings. The first-order chi connectivity index (χ1) is 9.55. The average Bonchev–Trinajstić information content (AvgIpc) is 3.02. The second-order valence-electron chi connectivity index (χ2n) is 5.32. The minimum atomic E-state index is 0.240. The zero-order chi connectivity index (χ0) is 14.7. The zero-order valence-corrected chi connectivity index (χ0v) is 14.6. The lowest BCUT2D eigenvalue weighted by molar-refractivity contribution is 0.531. The second kappa shape index (κ2) is 6.83. The molecule has 2 rings (SSSR count). The van der Waals surface area contributed by atoms with Crippen molar-refractivity contribution in [3.05, 3.63) is 37.5 Å². The molecule has 0 bridgehead atoms. The number of aromatic nitrogens is 1. The molecule has 0 saturated heterocycles. The van der Waals surface area contributed by atoms with Crippen LogP contribution in [-0.4, -0.2) is 11.0 Å². The van der Waals surface area contributed by atoms with E-state index < -0.39 is 0 Å². The Kier molecular flexibility index (Phi) is 5.35. The van der Waals surface area contributed by atoms with Crippen molar-refractivity contribution in [1.29, 1.82) is 0 Å². The molecule has 0 aliphatic heterocycles. The van der Waals surface area contributed by atoms with Gasteiger partial charge in [0.25, 0.3) is 0 Å². The van der Waals surface area contributed by atoms with Gasteiger partial charge in [0.05, 0.1) is 11.7 Å². The summed E-state index contributed by atoms with van der Waals surface area (Å²) in [6, 6.07) is 5.19. The van der Waals surface area contributed by atoms with Crippen LogP contribution in [0.25, 0.3) is 0 Å². The fourth-order valence-electron chi connectivity index (χ4n) is 2.25. The van der Waals surface area contributed by atoms with Crippen molar-refractivity contribution in [2.75, 3.05) is 0 Å². The summed E-state index contributed by atoms with van der Waals surface area (Å²) in [5.41, 5.74) is 1.24. The number of nitrogens with zero attached hydrogens (tertiary/aromatic N) is 1. The van der Waals surface area contributed by atoms with Gasteiger partial charge in [-0.05, 0) is 45.7 Å². The number of hydrogen-bond donors (Lipinski definition) is 1. The van der Waals surface area contributed by atoms with Gasteiger partial charge in [0.2, 0.25) is 0 Å². The predicted molar refractivity (Wildman–Crippen MR) is 90.0 cm³/mol. The largest absolute Gasteiger partial charge is 0.301 e. The van der Waals surface area contributed by atoms with Gasteiger partial charge >= 0.3 is 0 Å². The van der Waals surface area contributed by atoms with Crippen molar-refractivity contribution >= 4 is 22.7 Å². The summed E-state index contributed by atoms with van der Waals surface area (Å²) in [4.78, 5) is 9.03. The van der Waals surface area contributed by atoms with E-state index in [1.807, 2.05) is 22.7 Å². The molecule has 4 heteroatoms. The topological polar surface area (TPSA) is 24.9 Å². The molecule has 1 atom stereocenters. The van der Waals surface area contributed by atoms with Crippen LogP contribution in [0.15, 0.2) is 12.1 Å². The molecular weight excluding hydrogens is 284 g/mol. The van der Waals surface area contributed by atoms with Gasteiger partial charge in [-0.1, -0.05) is 13.8 Å². The molecule has 0 aliphatic carbocycles. The highest BCUT2D eigenvalue weighted by Gasteiger charge is 2.21. The lowest BCUT2D eigenvalue weighted by Gasteiger charge is -2.18. The molecule has 1 N–H and O–H groups in total. The van der Waals surface area contributed by atoms with Crippen molar-refractivity contribution in [3.63, 3.8) is 0 Å². The van der Waals surface area contributed by atoms with E-state index in [0.717, 1.165) is 12.8 Å². The minimum absolute atomic E-state index is 0.240. The Labute approximate surface area is 130 Å². The van der Waals surface area contributed by atoms with Crippen molar-refractivity contribution in [2.24, 2.45) is 0 Å². The molecule has 1 unspecified atom stereocenters. The summed E-state index contributed by atoms with van der Waals surface area (Å²) in [6.45, 7) is 11.0. The maximum Gasteiger partial charge on any atom is 0.115 e. The van der Waals surface area contributed by atoms with E-state index in [-0.39, 0.29) is 6.04 Å². The molecule has 0 spiro atoms. The Morgan fingerprint density at radius 2 is 1.90 bits per heavy atom. The fraction of sp³-hybridized carbons (Fsp3) is 0.562.